The number of alkyl halides is 3. The largest absolute Gasteiger partial charge is 0.483 e. The van der Waals surface area contributed by atoms with Crippen LogP contribution in [0.15, 0.2) is 30.5 Å². The third-order valence-electron chi connectivity index (χ3n) is 4.37. The number of rotatable bonds is 2. The SMILES string of the molecule is Nc1c(-c2cc(F)ccc2F)ccnc1C1CCOCC1C(F)(F)F.O=CO. The van der Waals surface area contributed by atoms with Crippen LogP contribution < -0.4 is 5.73 Å². The van der Waals surface area contributed by atoms with Gasteiger partial charge in [-0.25, -0.2) is 8.78 Å². The van der Waals surface area contributed by atoms with Crippen molar-refractivity contribution in [2.75, 3.05) is 18.9 Å². The van der Waals surface area contributed by atoms with Crippen LogP contribution in [0.4, 0.5) is 27.6 Å². The maximum atomic E-state index is 14.0. The smallest absolute Gasteiger partial charge is 0.394 e. The van der Waals surface area contributed by atoms with Crippen LogP contribution in [0, 0.1) is 17.6 Å². The van der Waals surface area contributed by atoms with Crippen LogP contribution in [0.25, 0.3) is 11.1 Å². The maximum absolute atomic E-state index is 14.0. The molecule has 1 saturated heterocycles. The lowest BCUT2D eigenvalue weighted by Crippen LogP contribution is -2.37. The molecule has 28 heavy (non-hydrogen) atoms. The number of nitrogen functional groups attached to an aromatic ring is 1. The molecular weight excluding hydrogens is 387 g/mol. The predicted octanol–water partition coefficient (Wildman–Crippen LogP) is 3.99. The molecule has 2 heterocycles. The summed E-state index contributed by atoms with van der Waals surface area (Å²) in [7, 11) is 0. The molecular formula is C18H17F5N2O3. The zero-order valence-corrected chi connectivity index (χ0v) is 14.4. The Balaban J connectivity index is 0.000000878. The molecule has 0 spiro atoms. The first kappa shape index (κ1) is 21.5. The third kappa shape index (κ3) is 4.75. The summed E-state index contributed by atoms with van der Waals surface area (Å²) in [6.45, 7) is -0.579. The lowest BCUT2D eigenvalue weighted by molar-refractivity contribution is -0.206. The van der Waals surface area contributed by atoms with Crippen molar-refractivity contribution in [1.82, 2.24) is 4.98 Å². The van der Waals surface area contributed by atoms with Gasteiger partial charge in [0, 0.05) is 29.8 Å². The molecule has 0 bridgehead atoms. The number of carbonyl (C=O) groups is 1. The summed E-state index contributed by atoms with van der Waals surface area (Å²) in [6.07, 6.45) is -3.12. The minimum absolute atomic E-state index is 0.0341. The van der Waals surface area contributed by atoms with Crippen LogP contribution >= 0.6 is 0 Å². The van der Waals surface area contributed by atoms with Crippen LogP contribution in [-0.4, -0.2) is 36.0 Å². The first-order chi connectivity index (χ1) is 13.2. The minimum atomic E-state index is -4.47. The average molecular weight is 404 g/mol. The van der Waals surface area contributed by atoms with E-state index in [1.807, 2.05) is 0 Å². The van der Waals surface area contributed by atoms with E-state index in [9.17, 15) is 22.0 Å². The van der Waals surface area contributed by atoms with Crippen molar-refractivity contribution in [2.24, 2.45) is 5.92 Å². The molecule has 1 aliphatic heterocycles. The fourth-order valence-corrected chi connectivity index (χ4v) is 3.11. The maximum Gasteiger partial charge on any atom is 0.394 e. The normalized spacial score (nSPS) is 19.5. The van der Waals surface area contributed by atoms with E-state index in [2.05, 4.69) is 4.98 Å². The molecule has 152 valence electrons. The van der Waals surface area contributed by atoms with E-state index in [4.69, 9.17) is 20.4 Å². The van der Waals surface area contributed by atoms with Crippen LogP contribution in [0.1, 0.15) is 18.0 Å². The number of pyridine rings is 1. The highest BCUT2D eigenvalue weighted by molar-refractivity contribution is 5.78. The van der Waals surface area contributed by atoms with Crippen molar-refractivity contribution in [2.45, 2.75) is 18.5 Å². The number of nitrogens with zero attached hydrogens (tertiary/aromatic N) is 1. The van der Waals surface area contributed by atoms with Gasteiger partial charge in [0.25, 0.3) is 6.47 Å². The summed E-state index contributed by atoms with van der Waals surface area (Å²) in [4.78, 5) is 12.4. The van der Waals surface area contributed by atoms with E-state index in [0.29, 0.717) is 0 Å². The van der Waals surface area contributed by atoms with Crippen molar-refractivity contribution in [3.63, 3.8) is 0 Å². The van der Waals surface area contributed by atoms with Gasteiger partial charge in [-0.05, 0) is 30.7 Å². The van der Waals surface area contributed by atoms with Gasteiger partial charge in [0.15, 0.2) is 0 Å². The summed E-state index contributed by atoms with van der Waals surface area (Å²) in [5, 5.41) is 6.89. The first-order valence-electron chi connectivity index (χ1n) is 8.12. The Kier molecular flexibility index (Phi) is 6.90. The summed E-state index contributed by atoms with van der Waals surface area (Å²) >= 11 is 0. The molecule has 1 fully saturated rings. The number of ether oxygens (including phenoxy) is 1. The Bertz CT molecular complexity index is 829. The van der Waals surface area contributed by atoms with Crippen molar-refractivity contribution in [3.05, 3.63) is 47.8 Å². The molecule has 3 N–H and O–H groups in total. The van der Waals surface area contributed by atoms with Crippen molar-refractivity contribution >= 4 is 12.2 Å². The molecule has 1 aromatic heterocycles. The molecule has 0 aliphatic carbocycles. The van der Waals surface area contributed by atoms with Crippen molar-refractivity contribution in [3.8, 4) is 11.1 Å². The van der Waals surface area contributed by atoms with E-state index >= 15 is 0 Å². The molecule has 2 unspecified atom stereocenters. The molecule has 1 aliphatic rings. The van der Waals surface area contributed by atoms with E-state index < -0.39 is 36.3 Å². The summed E-state index contributed by atoms with van der Waals surface area (Å²) in [6, 6.07) is 4.21. The number of anilines is 1. The topological polar surface area (TPSA) is 85.4 Å². The molecule has 0 radical (unpaired) electrons. The van der Waals surface area contributed by atoms with Gasteiger partial charge in [0.2, 0.25) is 0 Å². The fraction of sp³-hybridized carbons (Fsp3) is 0.333. The molecule has 2 atom stereocenters. The van der Waals surface area contributed by atoms with Gasteiger partial charge >= 0.3 is 6.18 Å². The molecule has 0 amide bonds. The van der Waals surface area contributed by atoms with Gasteiger partial charge < -0.3 is 15.6 Å². The third-order valence-corrected chi connectivity index (χ3v) is 4.37. The molecule has 0 saturated carbocycles. The number of hydrogen-bond acceptors (Lipinski definition) is 4. The van der Waals surface area contributed by atoms with E-state index in [1.165, 1.54) is 12.3 Å². The van der Waals surface area contributed by atoms with E-state index in [1.54, 1.807) is 0 Å². The van der Waals surface area contributed by atoms with E-state index in [0.717, 1.165) is 18.2 Å². The van der Waals surface area contributed by atoms with Crippen LogP contribution in [0.2, 0.25) is 0 Å². The highest BCUT2D eigenvalue weighted by Gasteiger charge is 2.47. The predicted molar refractivity (Wildman–Crippen MR) is 90.4 cm³/mol. The fourth-order valence-electron chi connectivity index (χ4n) is 3.11. The van der Waals surface area contributed by atoms with Crippen molar-refractivity contribution < 1.29 is 36.6 Å². The highest BCUT2D eigenvalue weighted by atomic mass is 19.4. The Morgan fingerprint density at radius 1 is 1.21 bits per heavy atom. The number of aromatic nitrogens is 1. The monoisotopic (exact) mass is 404 g/mol. The number of benzene rings is 1. The van der Waals surface area contributed by atoms with Crippen LogP contribution in [0.5, 0.6) is 0 Å². The number of halogens is 5. The second kappa shape index (κ2) is 8.96. The van der Waals surface area contributed by atoms with Crippen molar-refractivity contribution in [1.29, 1.82) is 0 Å². The number of hydrogen-bond donors (Lipinski definition) is 2. The average Bonchev–Trinajstić information content (AvgIpc) is 2.64. The summed E-state index contributed by atoms with van der Waals surface area (Å²) in [5.74, 6) is -4.13. The molecule has 2 aromatic rings. The molecule has 5 nitrogen and oxygen atoms in total. The molecule has 10 heteroatoms. The first-order valence-corrected chi connectivity index (χ1v) is 8.12. The highest BCUT2D eigenvalue weighted by Crippen LogP contribution is 2.44. The number of carboxylic acid groups (broad SMARTS) is 1. The van der Waals surface area contributed by atoms with Gasteiger partial charge in [-0.1, -0.05) is 0 Å². The second-order valence-corrected chi connectivity index (χ2v) is 6.01. The Labute approximate surface area is 156 Å². The lowest BCUT2D eigenvalue weighted by Gasteiger charge is -2.33. The second-order valence-electron chi connectivity index (χ2n) is 6.01. The zero-order valence-electron chi connectivity index (χ0n) is 14.4. The van der Waals surface area contributed by atoms with Crippen LogP contribution in [-0.2, 0) is 9.53 Å². The Hall–Kier alpha value is -2.75. The Morgan fingerprint density at radius 2 is 1.89 bits per heavy atom. The molecule has 3 rings (SSSR count). The standard InChI is InChI=1S/C17H15F5N2O.CH2O2/c18-9-1-2-14(19)12(7-9)10-3-5-24-16(15(10)23)11-4-6-25-8-13(11)17(20,21)22;2-1-3/h1-3,5,7,11,13H,4,6,8,23H2;1H,(H,2,3). The van der Waals surface area contributed by atoms with Gasteiger partial charge in [0.1, 0.15) is 11.6 Å². The number of nitrogens with two attached hydrogens (primary N) is 1. The van der Waals surface area contributed by atoms with Gasteiger partial charge in [-0.3, -0.25) is 9.78 Å². The summed E-state index contributed by atoms with van der Waals surface area (Å²) < 4.78 is 72.3. The van der Waals surface area contributed by atoms with Gasteiger partial charge in [-0.2, -0.15) is 13.2 Å². The minimum Gasteiger partial charge on any atom is -0.483 e. The summed E-state index contributed by atoms with van der Waals surface area (Å²) in [5.41, 5.74) is 5.97. The zero-order chi connectivity index (χ0) is 20.9. The lowest BCUT2D eigenvalue weighted by atomic mass is 9.83. The Morgan fingerprint density at radius 3 is 2.54 bits per heavy atom. The van der Waals surface area contributed by atoms with Gasteiger partial charge in [-0.15, -0.1) is 0 Å². The van der Waals surface area contributed by atoms with Crippen LogP contribution in [0.3, 0.4) is 0 Å². The van der Waals surface area contributed by atoms with E-state index in [-0.39, 0.29) is 42.0 Å². The molecule has 1 aromatic carbocycles. The quantitative estimate of drug-likeness (QED) is 0.584. The van der Waals surface area contributed by atoms with Gasteiger partial charge in [0.05, 0.1) is 23.9 Å².